The van der Waals surface area contributed by atoms with E-state index >= 15 is 0 Å². The van der Waals surface area contributed by atoms with Gasteiger partial charge in [-0.2, -0.15) is 0 Å². The van der Waals surface area contributed by atoms with Gasteiger partial charge in [-0.15, -0.1) is 12.4 Å². The van der Waals surface area contributed by atoms with E-state index in [9.17, 15) is 0 Å². The van der Waals surface area contributed by atoms with Gasteiger partial charge in [0.05, 0.1) is 6.61 Å². The molecule has 1 saturated carbocycles. The van der Waals surface area contributed by atoms with Gasteiger partial charge in [-0.1, -0.05) is 19.3 Å². The van der Waals surface area contributed by atoms with E-state index in [-0.39, 0.29) is 12.4 Å². The molecule has 0 unspecified atom stereocenters. The standard InChI is InChI=1S/C13H26N2O.ClH/c1-16-11-13-9-14-7-8-15(13)10-12-5-3-2-4-6-12;/h12-14H,2-11H2,1H3;1H/t13-;/m1./s1. The van der Waals surface area contributed by atoms with Crippen LogP contribution in [0.4, 0.5) is 0 Å². The highest BCUT2D eigenvalue weighted by Crippen LogP contribution is 2.25. The predicted octanol–water partition coefficient (Wildman–Crippen LogP) is 1.91. The number of nitrogens with one attached hydrogen (secondary N) is 1. The summed E-state index contributed by atoms with van der Waals surface area (Å²) in [6.45, 7) is 5.62. The van der Waals surface area contributed by atoms with Crippen molar-refractivity contribution in [3.05, 3.63) is 0 Å². The maximum Gasteiger partial charge on any atom is 0.0630 e. The molecule has 3 nitrogen and oxygen atoms in total. The van der Waals surface area contributed by atoms with Crippen LogP contribution in [0.3, 0.4) is 0 Å². The second-order valence-electron chi connectivity index (χ2n) is 5.31. The van der Waals surface area contributed by atoms with Crippen molar-refractivity contribution in [1.82, 2.24) is 10.2 Å². The molecule has 2 aliphatic rings. The van der Waals surface area contributed by atoms with Gasteiger partial charge >= 0.3 is 0 Å². The second-order valence-corrected chi connectivity index (χ2v) is 5.31. The molecule has 0 aromatic rings. The van der Waals surface area contributed by atoms with Gasteiger partial charge in [-0.3, -0.25) is 4.90 Å². The Morgan fingerprint density at radius 1 is 1.24 bits per heavy atom. The molecule has 0 amide bonds. The third kappa shape index (κ3) is 4.74. The fourth-order valence-corrected chi connectivity index (χ4v) is 3.10. The first-order valence-corrected chi connectivity index (χ1v) is 6.84. The van der Waals surface area contributed by atoms with Gasteiger partial charge in [0.15, 0.2) is 0 Å². The topological polar surface area (TPSA) is 24.5 Å². The normalized spacial score (nSPS) is 27.7. The van der Waals surface area contributed by atoms with Crippen LogP contribution in [0.25, 0.3) is 0 Å². The van der Waals surface area contributed by atoms with Gasteiger partial charge in [0.1, 0.15) is 0 Å². The molecule has 2 fully saturated rings. The van der Waals surface area contributed by atoms with Crippen LogP contribution in [0.1, 0.15) is 32.1 Å². The lowest BCUT2D eigenvalue weighted by Gasteiger charge is -2.38. The van der Waals surface area contributed by atoms with Crippen LogP contribution < -0.4 is 5.32 Å². The van der Waals surface area contributed by atoms with Gasteiger partial charge in [-0.25, -0.2) is 0 Å². The molecule has 2 rings (SSSR count). The van der Waals surface area contributed by atoms with Crippen LogP contribution in [0.5, 0.6) is 0 Å². The van der Waals surface area contributed by atoms with E-state index in [4.69, 9.17) is 4.74 Å². The Labute approximate surface area is 112 Å². The molecular weight excluding hydrogens is 236 g/mol. The van der Waals surface area contributed by atoms with E-state index in [0.717, 1.165) is 25.6 Å². The molecule has 1 atom stereocenters. The minimum atomic E-state index is 0. The Bertz CT molecular complexity index is 196. The molecule has 0 aromatic carbocycles. The summed E-state index contributed by atoms with van der Waals surface area (Å²) in [6.07, 6.45) is 7.25. The largest absolute Gasteiger partial charge is 0.383 e. The predicted molar refractivity (Wildman–Crippen MR) is 73.9 cm³/mol. The van der Waals surface area contributed by atoms with Crippen LogP contribution >= 0.6 is 12.4 Å². The lowest BCUT2D eigenvalue weighted by atomic mass is 9.88. The molecule has 0 aromatic heterocycles. The summed E-state index contributed by atoms with van der Waals surface area (Å²) in [7, 11) is 1.81. The van der Waals surface area contributed by atoms with E-state index in [2.05, 4.69) is 10.2 Å². The Morgan fingerprint density at radius 2 is 2.00 bits per heavy atom. The van der Waals surface area contributed by atoms with Crippen molar-refractivity contribution in [2.24, 2.45) is 5.92 Å². The highest BCUT2D eigenvalue weighted by Gasteiger charge is 2.25. The SMILES string of the molecule is COC[C@H]1CNCCN1CC1CCCCC1.Cl. The minimum absolute atomic E-state index is 0. The van der Waals surface area contributed by atoms with Gasteiger partial charge in [0.25, 0.3) is 0 Å². The number of ether oxygens (including phenoxy) is 1. The number of halogens is 1. The van der Waals surface area contributed by atoms with E-state index in [1.54, 1.807) is 0 Å². The van der Waals surface area contributed by atoms with Gasteiger partial charge < -0.3 is 10.1 Å². The molecule has 1 aliphatic heterocycles. The van der Waals surface area contributed by atoms with Crippen LogP contribution in [0, 0.1) is 5.92 Å². The maximum atomic E-state index is 5.32. The second kappa shape index (κ2) is 8.30. The molecule has 0 bridgehead atoms. The van der Waals surface area contributed by atoms with Crippen LogP contribution in [-0.2, 0) is 4.74 Å². The Kier molecular flexibility index (Phi) is 7.44. The zero-order valence-corrected chi connectivity index (χ0v) is 11.8. The first-order chi connectivity index (χ1) is 7.90. The fraction of sp³-hybridized carbons (Fsp3) is 1.00. The van der Waals surface area contributed by atoms with E-state index in [1.165, 1.54) is 45.2 Å². The molecule has 1 heterocycles. The van der Waals surface area contributed by atoms with Crippen molar-refractivity contribution in [2.45, 2.75) is 38.1 Å². The van der Waals surface area contributed by atoms with Crippen LogP contribution in [0.15, 0.2) is 0 Å². The molecule has 1 aliphatic carbocycles. The average Bonchev–Trinajstić information content (AvgIpc) is 2.33. The van der Waals surface area contributed by atoms with Gasteiger partial charge in [0, 0.05) is 39.3 Å². The number of hydrogen-bond donors (Lipinski definition) is 1. The van der Waals surface area contributed by atoms with Crippen molar-refractivity contribution in [1.29, 1.82) is 0 Å². The van der Waals surface area contributed by atoms with E-state index in [0.29, 0.717) is 6.04 Å². The van der Waals surface area contributed by atoms with Crippen molar-refractivity contribution in [3.8, 4) is 0 Å². The monoisotopic (exact) mass is 262 g/mol. The summed E-state index contributed by atoms with van der Waals surface area (Å²) in [5, 5.41) is 3.47. The number of piperazine rings is 1. The first kappa shape index (κ1) is 15.2. The third-order valence-electron chi connectivity index (χ3n) is 4.05. The summed E-state index contributed by atoms with van der Waals surface area (Å²) in [4.78, 5) is 2.65. The summed E-state index contributed by atoms with van der Waals surface area (Å²) < 4.78 is 5.32. The van der Waals surface area contributed by atoms with Gasteiger partial charge in [-0.05, 0) is 18.8 Å². The summed E-state index contributed by atoms with van der Waals surface area (Å²) >= 11 is 0. The number of methoxy groups -OCH3 is 1. The molecule has 1 saturated heterocycles. The van der Waals surface area contributed by atoms with Gasteiger partial charge in [0.2, 0.25) is 0 Å². The molecule has 17 heavy (non-hydrogen) atoms. The van der Waals surface area contributed by atoms with Crippen molar-refractivity contribution in [3.63, 3.8) is 0 Å². The smallest absolute Gasteiger partial charge is 0.0630 e. The lowest BCUT2D eigenvalue weighted by molar-refractivity contribution is 0.0581. The zero-order valence-electron chi connectivity index (χ0n) is 11.0. The molecule has 102 valence electrons. The Hall–Kier alpha value is 0.170. The highest BCUT2D eigenvalue weighted by atomic mass is 35.5. The van der Waals surface area contributed by atoms with Crippen LogP contribution in [0.2, 0.25) is 0 Å². The van der Waals surface area contributed by atoms with E-state index in [1.807, 2.05) is 7.11 Å². The molecule has 4 heteroatoms. The Morgan fingerprint density at radius 3 is 2.71 bits per heavy atom. The molecule has 0 radical (unpaired) electrons. The summed E-state index contributed by atoms with van der Waals surface area (Å²) in [5.74, 6) is 0.950. The molecular formula is C13H27ClN2O. The zero-order chi connectivity index (χ0) is 11.2. The first-order valence-electron chi connectivity index (χ1n) is 6.84. The molecule has 0 spiro atoms. The van der Waals surface area contributed by atoms with E-state index < -0.39 is 0 Å². The number of rotatable bonds is 4. The fourth-order valence-electron chi connectivity index (χ4n) is 3.10. The third-order valence-corrected chi connectivity index (χ3v) is 4.05. The number of hydrogen-bond acceptors (Lipinski definition) is 3. The highest BCUT2D eigenvalue weighted by molar-refractivity contribution is 5.85. The van der Waals surface area contributed by atoms with Crippen molar-refractivity contribution >= 4 is 12.4 Å². The van der Waals surface area contributed by atoms with Crippen LogP contribution in [-0.4, -0.2) is 50.8 Å². The Balaban J connectivity index is 0.00000144. The maximum absolute atomic E-state index is 5.32. The lowest BCUT2D eigenvalue weighted by Crippen LogP contribution is -2.54. The average molecular weight is 263 g/mol. The number of nitrogens with zero attached hydrogens (tertiary/aromatic N) is 1. The van der Waals surface area contributed by atoms with Crippen molar-refractivity contribution in [2.75, 3.05) is 39.9 Å². The minimum Gasteiger partial charge on any atom is -0.383 e. The van der Waals surface area contributed by atoms with Crippen molar-refractivity contribution < 1.29 is 4.74 Å². The quantitative estimate of drug-likeness (QED) is 0.838. The summed E-state index contributed by atoms with van der Waals surface area (Å²) in [6, 6.07) is 0.598. The summed E-state index contributed by atoms with van der Waals surface area (Å²) in [5.41, 5.74) is 0. The molecule has 1 N–H and O–H groups in total.